The molecule has 94 valence electrons. The zero-order valence-corrected chi connectivity index (χ0v) is 9.65. The maximum atomic E-state index is 10.6. The molecular weight excluding hydrogens is 222 g/mol. The molecule has 1 fully saturated rings. The minimum Gasteiger partial charge on any atom is -0.475 e. The number of hydrogen-bond acceptors (Lipinski definition) is 4. The zero-order valence-electron chi connectivity index (χ0n) is 9.65. The van der Waals surface area contributed by atoms with E-state index >= 15 is 0 Å². The van der Waals surface area contributed by atoms with E-state index in [1.165, 1.54) is 18.9 Å². The van der Waals surface area contributed by atoms with Gasteiger partial charge >= 0.3 is 5.97 Å². The van der Waals surface area contributed by atoms with Crippen molar-refractivity contribution in [1.82, 2.24) is 5.32 Å². The van der Waals surface area contributed by atoms with E-state index in [0.717, 1.165) is 19.1 Å². The van der Waals surface area contributed by atoms with E-state index in [4.69, 9.17) is 14.3 Å². The SMILES string of the molecule is O=C(O)c1ccc(CNCCOCC2CC2)o1. The van der Waals surface area contributed by atoms with Gasteiger partial charge in [0.2, 0.25) is 5.76 Å². The summed E-state index contributed by atoms with van der Waals surface area (Å²) in [6, 6.07) is 3.13. The molecule has 5 heteroatoms. The first-order chi connectivity index (χ1) is 8.25. The van der Waals surface area contributed by atoms with Crippen molar-refractivity contribution in [3.05, 3.63) is 23.7 Å². The van der Waals surface area contributed by atoms with Gasteiger partial charge in [-0.1, -0.05) is 0 Å². The molecule has 0 aliphatic heterocycles. The van der Waals surface area contributed by atoms with Gasteiger partial charge in [-0.2, -0.15) is 0 Å². The maximum absolute atomic E-state index is 10.6. The van der Waals surface area contributed by atoms with Crippen LogP contribution < -0.4 is 5.32 Å². The Hall–Kier alpha value is -1.33. The van der Waals surface area contributed by atoms with Crippen molar-refractivity contribution >= 4 is 5.97 Å². The molecule has 17 heavy (non-hydrogen) atoms. The third-order valence-electron chi connectivity index (χ3n) is 2.65. The van der Waals surface area contributed by atoms with E-state index < -0.39 is 5.97 Å². The van der Waals surface area contributed by atoms with Gasteiger partial charge in [-0.15, -0.1) is 0 Å². The van der Waals surface area contributed by atoms with Crippen molar-refractivity contribution in [3.8, 4) is 0 Å². The Morgan fingerprint density at radius 1 is 1.53 bits per heavy atom. The minimum atomic E-state index is -1.04. The largest absolute Gasteiger partial charge is 0.475 e. The topological polar surface area (TPSA) is 71.7 Å². The van der Waals surface area contributed by atoms with Crippen LogP contribution in [-0.2, 0) is 11.3 Å². The molecule has 1 saturated carbocycles. The summed E-state index contributed by atoms with van der Waals surface area (Å²) in [6.45, 7) is 2.82. The standard InChI is InChI=1S/C12H17NO4/c14-12(15)11-4-3-10(17-11)7-13-5-6-16-8-9-1-2-9/h3-4,9,13H,1-2,5-8H2,(H,14,15). The number of ether oxygens (including phenoxy) is 1. The molecule has 1 aromatic rings. The molecule has 0 saturated heterocycles. The van der Waals surface area contributed by atoms with E-state index in [0.29, 0.717) is 18.9 Å². The van der Waals surface area contributed by atoms with Crippen molar-refractivity contribution in [2.24, 2.45) is 5.92 Å². The fourth-order valence-corrected chi connectivity index (χ4v) is 1.48. The van der Waals surface area contributed by atoms with Gasteiger partial charge in [0.1, 0.15) is 5.76 Å². The summed E-state index contributed by atoms with van der Waals surface area (Å²) in [5.41, 5.74) is 0. The van der Waals surface area contributed by atoms with Crippen molar-refractivity contribution < 1.29 is 19.1 Å². The number of carbonyl (C=O) groups is 1. The number of carboxylic acids is 1. The smallest absolute Gasteiger partial charge is 0.371 e. The van der Waals surface area contributed by atoms with Crippen molar-refractivity contribution in [3.63, 3.8) is 0 Å². The Morgan fingerprint density at radius 3 is 3.00 bits per heavy atom. The van der Waals surface area contributed by atoms with E-state index in [2.05, 4.69) is 5.32 Å². The maximum Gasteiger partial charge on any atom is 0.371 e. The first-order valence-electron chi connectivity index (χ1n) is 5.86. The number of rotatable bonds is 8. The monoisotopic (exact) mass is 239 g/mol. The Labute approximate surface area is 99.8 Å². The number of furan rings is 1. The van der Waals surface area contributed by atoms with Gasteiger partial charge in [-0.3, -0.25) is 0 Å². The summed E-state index contributed by atoms with van der Waals surface area (Å²) in [4.78, 5) is 10.6. The molecule has 0 spiro atoms. The number of carboxylic acid groups (broad SMARTS) is 1. The molecule has 2 N–H and O–H groups in total. The van der Waals surface area contributed by atoms with Crippen LogP contribution in [0.25, 0.3) is 0 Å². The second kappa shape index (κ2) is 5.84. The van der Waals surface area contributed by atoms with Gasteiger partial charge in [-0.05, 0) is 30.9 Å². The lowest BCUT2D eigenvalue weighted by Gasteiger charge is -2.03. The molecule has 0 amide bonds. The highest BCUT2D eigenvalue weighted by molar-refractivity contribution is 5.84. The summed E-state index contributed by atoms with van der Waals surface area (Å²) < 4.78 is 10.5. The van der Waals surface area contributed by atoms with Crippen LogP contribution in [0.3, 0.4) is 0 Å². The lowest BCUT2D eigenvalue weighted by molar-refractivity contribution is 0.0660. The van der Waals surface area contributed by atoms with Gasteiger partial charge in [0.05, 0.1) is 13.2 Å². The highest BCUT2D eigenvalue weighted by Gasteiger charge is 2.20. The lowest BCUT2D eigenvalue weighted by atomic mass is 10.4. The first-order valence-corrected chi connectivity index (χ1v) is 5.86. The molecule has 0 unspecified atom stereocenters. The zero-order chi connectivity index (χ0) is 12.1. The second-order valence-corrected chi connectivity index (χ2v) is 4.27. The van der Waals surface area contributed by atoms with Crippen molar-refractivity contribution in [1.29, 1.82) is 0 Å². The number of nitrogens with one attached hydrogen (secondary N) is 1. The van der Waals surface area contributed by atoms with Crippen LogP contribution >= 0.6 is 0 Å². The minimum absolute atomic E-state index is 0.0215. The number of hydrogen-bond donors (Lipinski definition) is 2. The van der Waals surface area contributed by atoms with E-state index in [9.17, 15) is 4.79 Å². The molecule has 1 aliphatic rings. The van der Waals surface area contributed by atoms with Crippen LogP contribution in [0.5, 0.6) is 0 Å². The molecule has 5 nitrogen and oxygen atoms in total. The molecule has 2 rings (SSSR count). The third-order valence-corrected chi connectivity index (χ3v) is 2.65. The molecule has 0 atom stereocenters. The summed E-state index contributed by atoms with van der Waals surface area (Å²) in [5, 5.41) is 11.8. The van der Waals surface area contributed by atoms with Gasteiger partial charge in [0.15, 0.2) is 0 Å². The number of aromatic carboxylic acids is 1. The van der Waals surface area contributed by atoms with Crippen LogP contribution in [-0.4, -0.2) is 30.8 Å². The Balaban J connectivity index is 1.55. The molecule has 0 radical (unpaired) electrons. The molecule has 1 aromatic heterocycles. The summed E-state index contributed by atoms with van der Waals surface area (Å²) in [6.07, 6.45) is 2.61. The fourth-order valence-electron chi connectivity index (χ4n) is 1.48. The quantitative estimate of drug-likeness (QED) is 0.672. The summed E-state index contributed by atoms with van der Waals surface area (Å²) >= 11 is 0. The van der Waals surface area contributed by atoms with Crippen LogP contribution in [0.2, 0.25) is 0 Å². The lowest BCUT2D eigenvalue weighted by Crippen LogP contribution is -2.19. The van der Waals surface area contributed by atoms with Gasteiger partial charge in [0, 0.05) is 13.2 Å². The predicted molar refractivity (Wildman–Crippen MR) is 60.9 cm³/mol. The second-order valence-electron chi connectivity index (χ2n) is 4.27. The molecule has 1 aliphatic carbocycles. The van der Waals surface area contributed by atoms with Crippen molar-refractivity contribution in [2.45, 2.75) is 19.4 Å². The van der Waals surface area contributed by atoms with E-state index in [1.54, 1.807) is 6.07 Å². The third kappa shape index (κ3) is 4.20. The van der Waals surface area contributed by atoms with Gasteiger partial charge in [0.25, 0.3) is 0 Å². The molecule has 0 bridgehead atoms. The van der Waals surface area contributed by atoms with Crippen LogP contribution in [0.1, 0.15) is 29.2 Å². The van der Waals surface area contributed by atoms with E-state index in [-0.39, 0.29) is 5.76 Å². The highest BCUT2D eigenvalue weighted by Crippen LogP contribution is 2.28. The average Bonchev–Trinajstić information content (AvgIpc) is 3.00. The Kier molecular flexibility index (Phi) is 4.17. The van der Waals surface area contributed by atoms with E-state index in [1.807, 2.05) is 0 Å². The Morgan fingerprint density at radius 2 is 2.35 bits per heavy atom. The molecule has 0 aromatic carbocycles. The van der Waals surface area contributed by atoms with Crippen LogP contribution in [0.15, 0.2) is 16.5 Å². The van der Waals surface area contributed by atoms with Crippen LogP contribution in [0.4, 0.5) is 0 Å². The van der Waals surface area contributed by atoms with Gasteiger partial charge < -0.3 is 19.6 Å². The summed E-state index contributed by atoms with van der Waals surface area (Å²) in [5.74, 6) is 0.360. The normalized spacial score (nSPS) is 15.1. The molecule has 1 heterocycles. The first kappa shape index (κ1) is 12.1. The predicted octanol–water partition coefficient (Wildman–Crippen LogP) is 1.49. The highest BCUT2D eigenvalue weighted by atomic mass is 16.5. The van der Waals surface area contributed by atoms with Crippen molar-refractivity contribution in [2.75, 3.05) is 19.8 Å². The molecular formula is C12H17NO4. The van der Waals surface area contributed by atoms with Gasteiger partial charge in [-0.25, -0.2) is 4.79 Å². The average molecular weight is 239 g/mol. The Bertz CT molecular complexity index is 370. The summed E-state index contributed by atoms with van der Waals surface area (Å²) in [7, 11) is 0. The van der Waals surface area contributed by atoms with Crippen LogP contribution in [0, 0.1) is 5.92 Å². The fraction of sp³-hybridized carbons (Fsp3) is 0.583.